The lowest BCUT2D eigenvalue weighted by molar-refractivity contribution is 1.30. The smallest absolute Gasteiger partial charge is 0.0640 e. The van der Waals surface area contributed by atoms with E-state index in [2.05, 4.69) is 181 Å². The van der Waals surface area contributed by atoms with E-state index in [9.17, 15) is 0 Å². The first kappa shape index (κ1) is 29.9. The highest BCUT2D eigenvalue weighted by molar-refractivity contribution is 7.27. The zero-order chi connectivity index (χ0) is 34.2. The van der Waals surface area contributed by atoms with Gasteiger partial charge in [0.15, 0.2) is 0 Å². The lowest BCUT2D eigenvalue weighted by atomic mass is 9.99. The summed E-state index contributed by atoms with van der Waals surface area (Å²) in [7, 11) is 0. The summed E-state index contributed by atoms with van der Waals surface area (Å²) >= 11 is 5.61. The van der Waals surface area contributed by atoms with Crippen molar-refractivity contribution in [1.82, 2.24) is 0 Å². The van der Waals surface area contributed by atoms with Crippen LogP contribution in [0, 0.1) is 0 Å². The van der Waals surface area contributed by atoms with Crippen molar-refractivity contribution >= 4 is 112 Å². The number of nitrogens with zero attached hydrogens (tertiary/aromatic N) is 1. The lowest BCUT2D eigenvalue weighted by Crippen LogP contribution is -2.10. The lowest BCUT2D eigenvalue weighted by Gasteiger charge is -2.26. The molecule has 3 heterocycles. The molecule has 0 aliphatic carbocycles. The molecule has 11 rings (SSSR count). The van der Waals surface area contributed by atoms with Crippen LogP contribution in [0.1, 0.15) is 0 Å². The summed E-state index contributed by atoms with van der Waals surface area (Å²) in [5.74, 6) is 0. The van der Waals surface area contributed by atoms with E-state index in [-0.39, 0.29) is 0 Å². The second-order valence-corrected chi connectivity index (χ2v) is 16.5. The Morgan fingerprint density at radius 2 is 0.846 bits per heavy atom. The molecule has 0 fully saturated rings. The van der Waals surface area contributed by atoms with Gasteiger partial charge in [-0.25, -0.2) is 0 Å². The van der Waals surface area contributed by atoms with Crippen LogP contribution < -0.4 is 4.90 Å². The molecule has 0 unspecified atom stereocenters. The molecule has 1 nitrogen and oxygen atoms in total. The Kier molecular flexibility index (Phi) is 6.84. The van der Waals surface area contributed by atoms with Crippen LogP contribution in [0.3, 0.4) is 0 Å². The molecule has 8 aromatic carbocycles. The van der Waals surface area contributed by atoms with Gasteiger partial charge in [0.25, 0.3) is 0 Å². The van der Waals surface area contributed by atoms with Crippen molar-refractivity contribution in [2.75, 3.05) is 4.90 Å². The van der Waals surface area contributed by atoms with Gasteiger partial charge in [-0.3, -0.25) is 0 Å². The van der Waals surface area contributed by atoms with Crippen molar-refractivity contribution in [2.24, 2.45) is 0 Å². The van der Waals surface area contributed by atoms with E-state index in [1.807, 2.05) is 34.0 Å². The van der Waals surface area contributed by atoms with E-state index in [4.69, 9.17) is 0 Å². The van der Waals surface area contributed by atoms with Gasteiger partial charge in [0.2, 0.25) is 0 Å². The second-order valence-electron chi connectivity index (χ2n) is 13.3. The van der Waals surface area contributed by atoms with E-state index in [0.29, 0.717) is 0 Å². The van der Waals surface area contributed by atoms with Gasteiger partial charge in [-0.15, -0.1) is 34.0 Å². The fourth-order valence-electron chi connectivity index (χ4n) is 7.85. The highest BCUT2D eigenvalue weighted by Crippen LogP contribution is 2.46. The van der Waals surface area contributed by atoms with Crippen LogP contribution in [0.5, 0.6) is 0 Å². The molecule has 0 N–H and O–H groups in total. The van der Waals surface area contributed by atoms with Crippen LogP contribution in [-0.4, -0.2) is 0 Å². The highest BCUT2D eigenvalue weighted by atomic mass is 32.1. The van der Waals surface area contributed by atoms with Crippen LogP contribution in [-0.2, 0) is 0 Å². The van der Waals surface area contributed by atoms with Crippen molar-refractivity contribution in [3.05, 3.63) is 176 Å². The Morgan fingerprint density at radius 3 is 1.60 bits per heavy atom. The van der Waals surface area contributed by atoms with E-state index < -0.39 is 0 Å². The molecule has 3 aromatic heterocycles. The average Bonchev–Trinajstić information content (AvgIpc) is 3.90. The molecule has 4 heteroatoms. The normalized spacial score (nSPS) is 11.8. The zero-order valence-corrected chi connectivity index (χ0v) is 30.4. The van der Waals surface area contributed by atoms with E-state index in [1.54, 1.807) is 0 Å². The van der Waals surface area contributed by atoms with Gasteiger partial charge in [-0.05, 0) is 82.9 Å². The van der Waals surface area contributed by atoms with Crippen LogP contribution in [0.4, 0.5) is 17.1 Å². The standard InChI is InChI=1S/C48H29NS3/c1-4-15-42-36(9-1)38-28-23-32(29-46(38)51-42)30-19-24-33(25-20-30)49(41-14-7-13-39-37-10-2-5-16-43(37)52-48(39)41)34-26-21-31(22-27-34)35-12-8-18-45-47(35)40-11-3-6-17-44(40)50-45/h1-29H. The largest absolute Gasteiger partial charge is 0.309 e. The SMILES string of the molecule is c1ccc2c(c1)sc1cc(-c3ccc(N(c4ccc(-c5cccc6sc7ccccc7c56)cc4)c4cccc5c4sc4ccccc45)cc3)ccc12. The Hall–Kier alpha value is -5.78. The molecule has 244 valence electrons. The van der Waals surface area contributed by atoms with Gasteiger partial charge in [0.1, 0.15) is 0 Å². The molecule has 0 saturated heterocycles. The topological polar surface area (TPSA) is 3.24 Å². The molecule has 0 amide bonds. The number of fused-ring (bicyclic) bond motifs is 9. The van der Waals surface area contributed by atoms with Crippen molar-refractivity contribution in [3.63, 3.8) is 0 Å². The quantitative estimate of drug-likeness (QED) is 0.171. The van der Waals surface area contributed by atoms with Crippen LogP contribution >= 0.6 is 34.0 Å². The number of rotatable bonds is 5. The van der Waals surface area contributed by atoms with Crippen LogP contribution in [0.25, 0.3) is 82.8 Å². The minimum Gasteiger partial charge on any atom is -0.309 e. The minimum absolute atomic E-state index is 1.13. The molecule has 0 radical (unpaired) electrons. The van der Waals surface area contributed by atoms with Crippen LogP contribution in [0.15, 0.2) is 176 Å². The Bertz CT molecular complexity index is 3130. The van der Waals surface area contributed by atoms with Gasteiger partial charge in [-0.1, -0.05) is 115 Å². The maximum absolute atomic E-state index is 2.43. The first-order valence-corrected chi connectivity index (χ1v) is 19.9. The molecule has 0 saturated carbocycles. The second kappa shape index (κ2) is 11.9. The van der Waals surface area contributed by atoms with Gasteiger partial charge < -0.3 is 4.90 Å². The number of anilines is 3. The third-order valence-electron chi connectivity index (χ3n) is 10.3. The predicted octanol–water partition coefficient (Wildman–Crippen LogP) is 15.6. The van der Waals surface area contributed by atoms with Crippen molar-refractivity contribution in [3.8, 4) is 22.3 Å². The molecule has 52 heavy (non-hydrogen) atoms. The molecule has 11 aromatic rings. The molecule has 0 spiro atoms. The van der Waals surface area contributed by atoms with E-state index in [0.717, 1.165) is 11.4 Å². The predicted molar refractivity (Wildman–Crippen MR) is 231 cm³/mol. The Labute approximate surface area is 312 Å². The highest BCUT2D eigenvalue weighted by Gasteiger charge is 2.19. The first-order valence-electron chi connectivity index (χ1n) is 17.5. The summed E-state index contributed by atoms with van der Waals surface area (Å²) < 4.78 is 7.92. The Balaban J connectivity index is 1.04. The number of hydrogen-bond acceptors (Lipinski definition) is 4. The summed E-state index contributed by atoms with van der Waals surface area (Å²) in [6, 6.07) is 64.8. The number of benzene rings is 8. The maximum Gasteiger partial charge on any atom is 0.0640 e. The van der Waals surface area contributed by atoms with Gasteiger partial charge in [-0.2, -0.15) is 0 Å². The number of thiophene rings is 3. The summed E-state index contributed by atoms with van der Waals surface area (Å²) in [6.07, 6.45) is 0. The van der Waals surface area contributed by atoms with E-state index >= 15 is 0 Å². The maximum atomic E-state index is 2.43. The van der Waals surface area contributed by atoms with Crippen molar-refractivity contribution < 1.29 is 0 Å². The molecular weight excluding hydrogens is 687 g/mol. The van der Waals surface area contributed by atoms with Gasteiger partial charge >= 0.3 is 0 Å². The average molecular weight is 716 g/mol. The summed E-state index contributed by atoms with van der Waals surface area (Å²) in [6.45, 7) is 0. The monoisotopic (exact) mass is 715 g/mol. The molecular formula is C48H29NS3. The van der Waals surface area contributed by atoms with Crippen molar-refractivity contribution in [2.45, 2.75) is 0 Å². The summed E-state index contributed by atoms with van der Waals surface area (Å²) in [4.78, 5) is 2.43. The van der Waals surface area contributed by atoms with Gasteiger partial charge in [0, 0.05) is 67.2 Å². The van der Waals surface area contributed by atoms with Gasteiger partial charge in [0.05, 0.1) is 10.4 Å². The van der Waals surface area contributed by atoms with E-state index in [1.165, 1.54) is 88.5 Å². The third-order valence-corrected chi connectivity index (χ3v) is 13.8. The summed E-state index contributed by atoms with van der Waals surface area (Å²) in [5, 5.41) is 7.93. The Morgan fingerprint density at radius 1 is 0.327 bits per heavy atom. The minimum atomic E-state index is 1.13. The zero-order valence-electron chi connectivity index (χ0n) is 27.9. The first-order chi connectivity index (χ1) is 25.8. The number of hydrogen-bond donors (Lipinski definition) is 0. The molecule has 0 aliphatic heterocycles. The molecule has 0 atom stereocenters. The van der Waals surface area contributed by atoms with Crippen molar-refractivity contribution in [1.29, 1.82) is 0 Å². The van der Waals surface area contributed by atoms with Crippen LogP contribution in [0.2, 0.25) is 0 Å². The third kappa shape index (κ3) is 4.72. The fraction of sp³-hybridized carbons (Fsp3) is 0. The fourth-order valence-corrected chi connectivity index (χ4v) is 11.3. The molecule has 0 bridgehead atoms. The summed E-state index contributed by atoms with van der Waals surface area (Å²) in [5.41, 5.74) is 8.42. The molecule has 0 aliphatic rings.